The highest BCUT2D eigenvalue weighted by Crippen LogP contribution is 2.37. The van der Waals surface area contributed by atoms with Crippen LogP contribution in [-0.2, 0) is 14.3 Å². The summed E-state index contributed by atoms with van der Waals surface area (Å²) in [6.07, 6.45) is 7.12. The molecule has 0 saturated heterocycles. The summed E-state index contributed by atoms with van der Waals surface area (Å²) in [5.74, 6) is -0.415. The van der Waals surface area contributed by atoms with E-state index in [2.05, 4.69) is 6.92 Å². The van der Waals surface area contributed by atoms with Crippen molar-refractivity contribution < 1.29 is 23.5 Å². The minimum Gasteiger partial charge on any atom is -0.465 e. The van der Waals surface area contributed by atoms with Gasteiger partial charge in [0.15, 0.2) is 0 Å². The minimum atomic E-state index is -0.547. The van der Waals surface area contributed by atoms with Crippen LogP contribution in [0.25, 0.3) is 0 Å². The molecule has 6 heteroatoms. The highest BCUT2D eigenvalue weighted by molar-refractivity contribution is 6.03. The van der Waals surface area contributed by atoms with Crippen LogP contribution in [0.3, 0.4) is 0 Å². The number of halogens is 1. The average molecular weight is 420 g/mol. The monoisotopic (exact) mass is 419 g/mol. The number of benzene rings is 1. The van der Waals surface area contributed by atoms with Crippen LogP contribution in [0.4, 0.5) is 10.1 Å². The Kier molecular flexibility index (Phi) is 7.50. The number of nitrogens with zero attached hydrogens (tertiary/aromatic N) is 1. The Morgan fingerprint density at radius 2 is 1.63 bits per heavy atom. The molecule has 0 unspecified atom stereocenters. The molecular formula is C24H34FNO4. The Labute approximate surface area is 178 Å². The molecule has 166 valence electrons. The lowest BCUT2D eigenvalue weighted by molar-refractivity contribution is -0.124. The third-order valence-corrected chi connectivity index (χ3v) is 6.89. The number of hydrogen-bond acceptors (Lipinski definition) is 4. The van der Waals surface area contributed by atoms with Crippen LogP contribution in [0.5, 0.6) is 0 Å². The number of aryl methyl sites for hydroxylation is 1. The van der Waals surface area contributed by atoms with Crippen molar-refractivity contribution in [3.05, 3.63) is 29.1 Å². The summed E-state index contributed by atoms with van der Waals surface area (Å²) in [4.78, 5) is 28.0. The van der Waals surface area contributed by atoms with Gasteiger partial charge in [-0.05, 0) is 81.9 Å². The van der Waals surface area contributed by atoms with Crippen molar-refractivity contribution >= 4 is 17.6 Å². The van der Waals surface area contributed by atoms with Crippen molar-refractivity contribution in [3.63, 3.8) is 0 Å². The number of methoxy groups -OCH3 is 2. The third-order valence-electron chi connectivity index (χ3n) is 6.89. The number of carbonyl (C=O) groups excluding carboxylic acids is 2. The lowest BCUT2D eigenvalue weighted by atomic mass is 9.81. The van der Waals surface area contributed by atoms with E-state index in [0.29, 0.717) is 17.2 Å². The van der Waals surface area contributed by atoms with Gasteiger partial charge in [0.05, 0.1) is 24.5 Å². The van der Waals surface area contributed by atoms with Crippen LogP contribution in [0, 0.1) is 24.6 Å². The van der Waals surface area contributed by atoms with Gasteiger partial charge >= 0.3 is 5.97 Å². The first-order valence-electron chi connectivity index (χ1n) is 11.1. The summed E-state index contributed by atoms with van der Waals surface area (Å²) in [6.45, 7) is 3.83. The fourth-order valence-electron chi connectivity index (χ4n) is 4.88. The maximum Gasteiger partial charge on any atom is 0.339 e. The number of anilines is 1. The largest absolute Gasteiger partial charge is 0.465 e. The van der Waals surface area contributed by atoms with E-state index >= 15 is 0 Å². The Morgan fingerprint density at radius 3 is 2.20 bits per heavy atom. The lowest BCUT2D eigenvalue weighted by Gasteiger charge is -2.40. The van der Waals surface area contributed by atoms with Crippen molar-refractivity contribution in [1.29, 1.82) is 0 Å². The predicted molar refractivity (Wildman–Crippen MR) is 114 cm³/mol. The van der Waals surface area contributed by atoms with E-state index < -0.39 is 11.8 Å². The van der Waals surface area contributed by atoms with Gasteiger partial charge in [-0.15, -0.1) is 0 Å². The molecule has 0 aliphatic heterocycles. The van der Waals surface area contributed by atoms with Crippen LogP contribution in [0.15, 0.2) is 12.1 Å². The van der Waals surface area contributed by atoms with Gasteiger partial charge in [0.2, 0.25) is 5.91 Å². The number of ether oxygens (including phenoxy) is 2. The average Bonchev–Trinajstić information content (AvgIpc) is 2.76. The van der Waals surface area contributed by atoms with Crippen molar-refractivity contribution in [1.82, 2.24) is 0 Å². The van der Waals surface area contributed by atoms with Crippen LogP contribution >= 0.6 is 0 Å². The van der Waals surface area contributed by atoms with Crippen molar-refractivity contribution in [2.45, 2.75) is 77.4 Å². The number of carbonyl (C=O) groups is 2. The van der Waals surface area contributed by atoms with Crippen molar-refractivity contribution in [2.75, 3.05) is 19.1 Å². The molecule has 2 saturated carbocycles. The Morgan fingerprint density at radius 1 is 1.00 bits per heavy atom. The minimum absolute atomic E-state index is 0.0103. The normalized spacial score (nSPS) is 26.8. The van der Waals surface area contributed by atoms with Gasteiger partial charge in [-0.1, -0.05) is 6.92 Å². The summed E-state index contributed by atoms with van der Waals surface area (Å²) in [7, 11) is 3.02. The van der Waals surface area contributed by atoms with Crippen LogP contribution in [0.1, 0.15) is 74.2 Å². The Balaban J connectivity index is 2.00. The number of rotatable bonds is 5. The summed E-state index contributed by atoms with van der Waals surface area (Å²) < 4.78 is 25.1. The number of esters is 1. The van der Waals surface area contributed by atoms with Crippen LogP contribution in [0.2, 0.25) is 0 Å². The highest BCUT2D eigenvalue weighted by Gasteiger charge is 2.37. The molecular weight excluding hydrogens is 385 g/mol. The summed E-state index contributed by atoms with van der Waals surface area (Å²) in [5, 5.41) is 0. The highest BCUT2D eigenvalue weighted by atomic mass is 19.1. The first-order chi connectivity index (χ1) is 14.3. The first-order valence-corrected chi connectivity index (χ1v) is 11.1. The van der Waals surface area contributed by atoms with Crippen LogP contribution in [-0.4, -0.2) is 38.2 Å². The quantitative estimate of drug-likeness (QED) is 0.628. The van der Waals surface area contributed by atoms with E-state index in [0.717, 1.165) is 51.4 Å². The van der Waals surface area contributed by atoms with Gasteiger partial charge in [-0.25, -0.2) is 9.18 Å². The molecule has 1 aromatic carbocycles. The maximum absolute atomic E-state index is 14.6. The second kappa shape index (κ2) is 9.90. The van der Waals surface area contributed by atoms with Gasteiger partial charge in [0, 0.05) is 19.1 Å². The summed E-state index contributed by atoms with van der Waals surface area (Å²) >= 11 is 0. The van der Waals surface area contributed by atoms with Crippen molar-refractivity contribution in [3.8, 4) is 0 Å². The van der Waals surface area contributed by atoms with E-state index in [1.54, 1.807) is 18.9 Å². The second-order valence-electron chi connectivity index (χ2n) is 8.94. The Hall–Kier alpha value is -1.95. The standard InChI is InChI=1S/C24H34FNO4/c1-15-5-7-17(8-6-15)23(27)26(18-9-11-19(29-3)12-10-18)22-14-21(25)16(2)13-20(22)24(28)30-4/h13-15,17-19H,5-12H2,1-4H3. The smallest absolute Gasteiger partial charge is 0.339 e. The SMILES string of the molecule is COC(=O)c1cc(C)c(F)cc1N(C(=O)C1CCC(C)CC1)C1CCC(OC)CC1. The number of amides is 1. The first kappa shape index (κ1) is 22.7. The molecule has 0 bridgehead atoms. The summed E-state index contributed by atoms with van der Waals surface area (Å²) in [5.41, 5.74) is 0.957. The van der Waals surface area contributed by atoms with E-state index in [9.17, 15) is 14.0 Å². The second-order valence-corrected chi connectivity index (χ2v) is 8.94. The molecule has 0 atom stereocenters. The molecule has 3 rings (SSSR count). The van der Waals surface area contributed by atoms with Gasteiger partial charge in [0.25, 0.3) is 0 Å². The molecule has 1 aromatic rings. The van der Waals surface area contributed by atoms with Gasteiger partial charge in [-0.2, -0.15) is 0 Å². The van der Waals surface area contributed by atoms with E-state index in [1.807, 2.05) is 0 Å². The molecule has 2 aliphatic rings. The molecule has 0 aromatic heterocycles. The van der Waals surface area contributed by atoms with Crippen molar-refractivity contribution in [2.24, 2.45) is 11.8 Å². The molecule has 0 radical (unpaired) electrons. The van der Waals surface area contributed by atoms with Gasteiger partial charge < -0.3 is 14.4 Å². The molecule has 2 fully saturated rings. The Bertz CT molecular complexity index is 765. The molecule has 0 spiro atoms. The summed E-state index contributed by atoms with van der Waals surface area (Å²) in [6, 6.07) is 2.77. The lowest BCUT2D eigenvalue weighted by Crippen LogP contribution is -2.47. The number of hydrogen-bond donors (Lipinski definition) is 0. The molecule has 1 amide bonds. The zero-order chi connectivity index (χ0) is 21.8. The van der Waals surface area contributed by atoms with E-state index in [-0.39, 0.29) is 29.5 Å². The van der Waals surface area contributed by atoms with E-state index in [1.165, 1.54) is 19.2 Å². The predicted octanol–water partition coefficient (Wildman–Crippen LogP) is 5.04. The molecule has 0 heterocycles. The zero-order valence-electron chi connectivity index (χ0n) is 18.6. The zero-order valence-corrected chi connectivity index (χ0v) is 18.6. The molecule has 0 N–H and O–H groups in total. The fraction of sp³-hybridized carbons (Fsp3) is 0.667. The molecule has 2 aliphatic carbocycles. The maximum atomic E-state index is 14.6. The molecule has 5 nitrogen and oxygen atoms in total. The molecule has 30 heavy (non-hydrogen) atoms. The van der Waals surface area contributed by atoms with Gasteiger partial charge in [0.1, 0.15) is 5.82 Å². The van der Waals surface area contributed by atoms with Gasteiger partial charge in [-0.3, -0.25) is 4.79 Å². The fourth-order valence-corrected chi connectivity index (χ4v) is 4.88. The topological polar surface area (TPSA) is 55.8 Å². The third kappa shape index (κ3) is 4.85. The van der Waals surface area contributed by atoms with E-state index in [4.69, 9.17) is 9.47 Å². The van der Waals surface area contributed by atoms with Crippen LogP contribution < -0.4 is 4.90 Å².